The van der Waals surface area contributed by atoms with E-state index in [-0.39, 0.29) is 0 Å². The minimum Gasteiger partial charge on any atom is -0.481 e. The fourth-order valence-electron chi connectivity index (χ4n) is 1.89. The molecule has 0 saturated carbocycles. The molecule has 1 heterocycles. The third-order valence-electron chi connectivity index (χ3n) is 2.80. The van der Waals surface area contributed by atoms with Gasteiger partial charge >= 0.3 is 5.97 Å². The van der Waals surface area contributed by atoms with Crippen molar-refractivity contribution in [3.8, 4) is 0 Å². The Bertz CT molecular complexity index is 522. The van der Waals surface area contributed by atoms with Gasteiger partial charge in [0.05, 0.1) is 5.92 Å². The molecular formula is C14H13BrO2S. The van der Waals surface area contributed by atoms with Gasteiger partial charge in [0.2, 0.25) is 0 Å². The lowest BCUT2D eigenvalue weighted by molar-refractivity contribution is -0.138. The summed E-state index contributed by atoms with van der Waals surface area (Å²) in [6.07, 6.45) is 1.43. The monoisotopic (exact) mass is 324 g/mol. The van der Waals surface area contributed by atoms with Gasteiger partial charge in [0.25, 0.3) is 0 Å². The number of benzene rings is 1. The molecule has 0 saturated heterocycles. The quantitative estimate of drug-likeness (QED) is 0.889. The van der Waals surface area contributed by atoms with Gasteiger partial charge in [-0.2, -0.15) is 0 Å². The normalized spacial score (nSPS) is 12.3. The van der Waals surface area contributed by atoms with E-state index in [9.17, 15) is 9.90 Å². The van der Waals surface area contributed by atoms with Gasteiger partial charge in [0.1, 0.15) is 0 Å². The highest BCUT2D eigenvalue weighted by Crippen LogP contribution is 2.26. The molecule has 1 N–H and O–H groups in total. The first-order valence-corrected chi connectivity index (χ1v) is 7.35. The highest BCUT2D eigenvalue weighted by molar-refractivity contribution is 9.10. The molecule has 94 valence electrons. The summed E-state index contributed by atoms with van der Waals surface area (Å²) < 4.78 is 1.06. The van der Waals surface area contributed by atoms with E-state index in [1.165, 1.54) is 4.88 Å². The fraction of sp³-hybridized carbons (Fsp3) is 0.214. The standard InChI is InChI=1S/C14H13BrO2S/c15-11-8-12(18-9-11)6-7-13(14(16)17)10-4-2-1-3-5-10/h1-5,8-9,13H,6-7H2,(H,16,17). The second-order valence-corrected chi connectivity index (χ2v) is 5.98. The Hall–Kier alpha value is -1.13. The zero-order valence-corrected chi connectivity index (χ0v) is 12.1. The third-order valence-corrected chi connectivity index (χ3v) is 4.56. The predicted octanol–water partition coefficient (Wildman–Crippen LogP) is 4.31. The number of carbonyl (C=O) groups is 1. The second-order valence-electron chi connectivity index (χ2n) is 4.07. The van der Waals surface area contributed by atoms with Crippen molar-refractivity contribution in [1.29, 1.82) is 0 Å². The molecule has 0 radical (unpaired) electrons. The highest BCUT2D eigenvalue weighted by atomic mass is 79.9. The molecule has 0 spiro atoms. The molecule has 2 aromatic rings. The van der Waals surface area contributed by atoms with Crippen molar-refractivity contribution in [3.63, 3.8) is 0 Å². The summed E-state index contributed by atoms with van der Waals surface area (Å²) in [4.78, 5) is 12.5. The molecule has 0 aliphatic rings. The highest BCUT2D eigenvalue weighted by Gasteiger charge is 2.19. The number of rotatable bonds is 5. The van der Waals surface area contributed by atoms with Crippen LogP contribution in [0.4, 0.5) is 0 Å². The van der Waals surface area contributed by atoms with Crippen molar-refractivity contribution in [2.24, 2.45) is 0 Å². The minimum atomic E-state index is -0.753. The van der Waals surface area contributed by atoms with Crippen LogP contribution in [0, 0.1) is 0 Å². The van der Waals surface area contributed by atoms with E-state index < -0.39 is 11.9 Å². The van der Waals surface area contributed by atoms with Gasteiger partial charge in [0, 0.05) is 14.7 Å². The number of thiophene rings is 1. The van der Waals surface area contributed by atoms with E-state index >= 15 is 0 Å². The maximum Gasteiger partial charge on any atom is 0.310 e. The van der Waals surface area contributed by atoms with Crippen LogP contribution in [0.1, 0.15) is 22.8 Å². The molecule has 0 aliphatic carbocycles. The van der Waals surface area contributed by atoms with E-state index in [0.29, 0.717) is 6.42 Å². The maximum atomic E-state index is 11.3. The number of hydrogen-bond acceptors (Lipinski definition) is 2. The van der Waals surface area contributed by atoms with Crippen molar-refractivity contribution in [1.82, 2.24) is 0 Å². The van der Waals surface area contributed by atoms with Crippen molar-refractivity contribution in [3.05, 3.63) is 56.7 Å². The van der Waals surface area contributed by atoms with Crippen LogP contribution in [0.15, 0.2) is 46.3 Å². The summed E-state index contributed by atoms with van der Waals surface area (Å²) >= 11 is 5.07. The van der Waals surface area contributed by atoms with E-state index in [1.807, 2.05) is 35.7 Å². The van der Waals surface area contributed by atoms with Gasteiger partial charge < -0.3 is 5.11 Å². The Labute approximate surface area is 118 Å². The summed E-state index contributed by atoms with van der Waals surface area (Å²) in [5.41, 5.74) is 0.876. The molecule has 1 aromatic heterocycles. The zero-order valence-electron chi connectivity index (χ0n) is 9.67. The van der Waals surface area contributed by atoms with Crippen LogP contribution < -0.4 is 0 Å². The number of aliphatic carboxylic acids is 1. The molecule has 2 nitrogen and oxygen atoms in total. The van der Waals surface area contributed by atoms with Gasteiger partial charge in [-0.15, -0.1) is 11.3 Å². The van der Waals surface area contributed by atoms with Gasteiger partial charge in [-0.1, -0.05) is 30.3 Å². The Morgan fingerprint density at radius 1 is 1.33 bits per heavy atom. The molecule has 1 aromatic carbocycles. The first-order valence-electron chi connectivity index (χ1n) is 5.67. The zero-order chi connectivity index (χ0) is 13.0. The Balaban J connectivity index is 2.06. The summed E-state index contributed by atoms with van der Waals surface area (Å²) in [7, 11) is 0. The average Bonchev–Trinajstić information content (AvgIpc) is 2.76. The lowest BCUT2D eigenvalue weighted by atomic mass is 9.94. The molecule has 0 amide bonds. The number of carboxylic acids is 1. The molecule has 1 atom stereocenters. The van der Waals surface area contributed by atoms with Crippen LogP contribution >= 0.6 is 27.3 Å². The Morgan fingerprint density at radius 3 is 2.61 bits per heavy atom. The van der Waals surface area contributed by atoms with Gasteiger partial charge in [-0.05, 0) is 40.4 Å². The van der Waals surface area contributed by atoms with Gasteiger partial charge in [0.15, 0.2) is 0 Å². The molecule has 0 aliphatic heterocycles. The van der Waals surface area contributed by atoms with Crippen molar-refractivity contribution in [2.45, 2.75) is 18.8 Å². The number of aryl methyl sites for hydroxylation is 1. The summed E-state index contributed by atoms with van der Waals surface area (Å²) in [5, 5.41) is 11.3. The van der Waals surface area contributed by atoms with E-state index in [0.717, 1.165) is 16.5 Å². The van der Waals surface area contributed by atoms with Gasteiger partial charge in [-0.3, -0.25) is 4.79 Å². The largest absolute Gasteiger partial charge is 0.481 e. The number of halogens is 1. The van der Waals surface area contributed by atoms with E-state index in [2.05, 4.69) is 22.0 Å². The Morgan fingerprint density at radius 2 is 2.06 bits per heavy atom. The molecule has 0 bridgehead atoms. The lowest BCUT2D eigenvalue weighted by Gasteiger charge is -2.11. The molecular weight excluding hydrogens is 312 g/mol. The second kappa shape index (κ2) is 6.16. The summed E-state index contributed by atoms with van der Waals surface area (Å²) in [6, 6.07) is 11.5. The van der Waals surface area contributed by atoms with Gasteiger partial charge in [-0.25, -0.2) is 0 Å². The lowest BCUT2D eigenvalue weighted by Crippen LogP contribution is -2.12. The molecule has 4 heteroatoms. The predicted molar refractivity (Wildman–Crippen MR) is 77.2 cm³/mol. The topological polar surface area (TPSA) is 37.3 Å². The third kappa shape index (κ3) is 3.43. The molecule has 2 rings (SSSR count). The minimum absolute atomic E-state index is 0.424. The molecule has 18 heavy (non-hydrogen) atoms. The van der Waals surface area contributed by atoms with E-state index in [1.54, 1.807) is 11.3 Å². The smallest absolute Gasteiger partial charge is 0.310 e. The van der Waals surface area contributed by atoms with Crippen molar-refractivity contribution < 1.29 is 9.90 Å². The first-order chi connectivity index (χ1) is 8.66. The number of carboxylic acid groups (broad SMARTS) is 1. The number of hydrogen-bond donors (Lipinski definition) is 1. The van der Waals surface area contributed by atoms with Crippen LogP contribution in [0.2, 0.25) is 0 Å². The maximum absolute atomic E-state index is 11.3. The first kappa shape index (κ1) is 13.3. The summed E-state index contributed by atoms with van der Waals surface area (Å²) in [5.74, 6) is -1.18. The fourth-order valence-corrected chi connectivity index (χ4v) is 3.36. The van der Waals surface area contributed by atoms with Crippen LogP contribution in [-0.4, -0.2) is 11.1 Å². The van der Waals surface area contributed by atoms with E-state index in [4.69, 9.17) is 0 Å². The molecule has 1 unspecified atom stereocenters. The van der Waals surface area contributed by atoms with Crippen LogP contribution in [-0.2, 0) is 11.2 Å². The van der Waals surface area contributed by atoms with Crippen LogP contribution in [0.25, 0.3) is 0 Å². The van der Waals surface area contributed by atoms with Crippen LogP contribution in [0.5, 0.6) is 0 Å². The Kier molecular flexibility index (Phi) is 4.55. The molecule has 0 fully saturated rings. The average molecular weight is 325 g/mol. The summed E-state index contributed by atoms with van der Waals surface area (Å²) in [6.45, 7) is 0. The van der Waals surface area contributed by atoms with Crippen molar-refractivity contribution in [2.75, 3.05) is 0 Å². The SMILES string of the molecule is O=C(O)C(CCc1cc(Br)cs1)c1ccccc1. The van der Waals surface area contributed by atoms with Crippen LogP contribution in [0.3, 0.4) is 0 Å². The van der Waals surface area contributed by atoms with Crippen molar-refractivity contribution >= 4 is 33.2 Å².